The summed E-state index contributed by atoms with van der Waals surface area (Å²) in [7, 11) is 0. The maximum absolute atomic E-state index is 12.3. The van der Waals surface area contributed by atoms with Crippen LogP contribution >= 0.6 is 0 Å². The van der Waals surface area contributed by atoms with Crippen LogP contribution in [0.4, 0.5) is 5.69 Å². The van der Waals surface area contributed by atoms with Crippen molar-refractivity contribution in [2.24, 2.45) is 0 Å². The number of para-hydroxylation sites is 1. The SMILES string of the molecule is CCOCCOc1cccc(NC(=O)C(C)Oc2ccccc2C)c1. The topological polar surface area (TPSA) is 56.8 Å². The second-order valence-electron chi connectivity index (χ2n) is 5.59. The Labute approximate surface area is 148 Å². The van der Waals surface area contributed by atoms with Gasteiger partial charge in [0.05, 0.1) is 6.61 Å². The van der Waals surface area contributed by atoms with Gasteiger partial charge >= 0.3 is 0 Å². The van der Waals surface area contributed by atoms with Gasteiger partial charge in [-0.2, -0.15) is 0 Å². The maximum atomic E-state index is 12.3. The highest BCUT2D eigenvalue weighted by molar-refractivity contribution is 5.94. The van der Waals surface area contributed by atoms with Crippen molar-refractivity contribution in [3.8, 4) is 11.5 Å². The summed E-state index contributed by atoms with van der Waals surface area (Å²) in [6, 6.07) is 14.9. The molecule has 1 unspecified atom stereocenters. The lowest BCUT2D eigenvalue weighted by molar-refractivity contribution is -0.122. The van der Waals surface area contributed by atoms with Gasteiger partial charge in [-0.1, -0.05) is 24.3 Å². The van der Waals surface area contributed by atoms with Crippen molar-refractivity contribution in [1.82, 2.24) is 0 Å². The Morgan fingerprint density at radius 3 is 2.68 bits per heavy atom. The zero-order valence-corrected chi connectivity index (χ0v) is 15.0. The molecule has 0 fully saturated rings. The number of nitrogens with one attached hydrogen (secondary N) is 1. The van der Waals surface area contributed by atoms with Crippen LogP contribution in [0.3, 0.4) is 0 Å². The standard InChI is InChI=1S/C20H25NO4/c1-4-23-12-13-24-18-10-7-9-17(14-18)21-20(22)16(3)25-19-11-6-5-8-15(19)2/h5-11,14,16H,4,12-13H2,1-3H3,(H,21,22). The lowest BCUT2D eigenvalue weighted by atomic mass is 10.2. The number of benzene rings is 2. The van der Waals surface area contributed by atoms with Crippen LogP contribution in [0, 0.1) is 6.92 Å². The molecule has 0 saturated heterocycles. The van der Waals surface area contributed by atoms with Crippen molar-refractivity contribution < 1.29 is 19.0 Å². The molecule has 134 valence electrons. The number of hydrogen-bond donors (Lipinski definition) is 1. The highest BCUT2D eigenvalue weighted by Gasteiger charge is 2.16. The van der Waals surface area contributed by atoms with Gasteiger partial charge in [0.15, 0.2) is 6.10 Å². The lowest BCUT2D eigenvalue weighted by Crippen LogP contribution is -2.30. The third-order valence-electron chi connectivity index (χ3n) is 3.57. The molecular formula is C20H25NO4. The zero-order valence-electron chi connectivity index (χ0n) is 15.0. The number of carbonyl (C=O) groups is 1. The van der Waals surface area contributed by atoms with Crippen molar-refractivity contribution in [2.75, 3.05) is 25.1 Å². The Bertz CT molecular complexity index is 687. The van der Waals surface area contributed by atoms with Gasteiger partial charge in [-0.3, -0.25) is 4.79 Å². The number of rotatable bonds is 9. The predicted molar refractivity (Wildman–Crippen MR) is 98.3 cm³/mol. The van der Waals surface area contributed by atoms with Crippen molar-refractivity contribution in [3.05, 3.63) is 54.1 Å². The minimum Gasteiger partial charge on any atom is -0.491 e. The third kappa shape index (κ3) is 6.12. The van der Waals surface area contributed by atoms with Crippen molar-refractivity contribution >= 4 is 11.6 Å². The van der Waals surface area contributed by atoms with Gasteiger partial charge in [0.1, 0.15) is 18.1 Å². The summed E-state index contributed by atoms with van der Waals surface area (Å²) in [6.45, 7) is 7.29. The molecule has 25 heavy (non-hydrogen) atoms. The molecule has 0 heterocycles. The summed E-state index contributed by atoms with van der Waals surface area (Å²) >= 11 is 0. The van der Waals surface area contributed by atoms with E-state index in [1.54, 1.807) is 13.0 Å². The summed E-state index contributed by atoms with van der Waals surface area (Å²) in [5.74, 6) is 1.18. The van der Waals surface area contributed by atoms with Gasteiger partial charge < -0.3 is 19.5 Å². The van der Waals surface area contributed by atoms with E-state index in [0.717, 1.165) is 5.56 Å². The molecule has 0 aliphatic carbocycles. The van der Waals surface area contributed by atoms with Crippen LogP contribution in [-0.2, 0) is 9.53 Å². The molecule has 2 rings (SSSR count). The van der Waals surface area contributed by atoms with E-state index in [2.05, 4.69) is 5.32 Å². The average molecular weight is 343 g/mol. The Balaban J connectivity index is 1.90. The van der Waals surface area contributed by atoms with Gasteiger partial charge in [0.25, 0.3) is 5.91 Å². The van der Waals surface area contributed by atoms with E-state index < -0.39 is 6.10 Å². The molecule has 1 amide bonds. The van der Waals surface area contributed by atoms with E-state index in [4.69, 9.17) is 14.2 Å². The highest BCUT2D eigenvalue weighted by atomic mass is 16.5. The molecule has 2 aromatic rings. The molecule has 0 radical (unpaired) electrons. The van der Waals surface area contributed by atoms with Crippen LogP contribution in [0.5, 0.6) is 11.5 Å². The minimum absolute atomic E-state index is 0.213. The summed E-state index contributed by atoms with van der Waals surface area (Å²) in [5.41, 5.74) is 1.66. The van der Waals surface area contributed by atoms with Crippen LogP contribution in [0.1, 0.15) is 19.4 Å². The monoisotopic (exact) mass is 343 g/mol. The van der Waals surface area contributed by atoms with Crippen LogP contribution in [0.2, 0.25) is 0 Å². The molecule has 5 heteroatoms. The van der Waals surface area contributed by atoms with Crippen LogP contribution in [-0.4, -0.2) is 31.8 Å². The third-order valence-corrected chi connectivity index (χ3v) is 3.57. The Morgan fingerprint density at radius 2 is 1.92 bits per heavy atom. The summed E-state index contributed by atoms with van der Waals surface area (Å²) in [5, 5.41) is 2.85. The smallest absolute Gasteiger partial charge is 0.265 e. The first-order chi connectivity index (χ1) is 12.1. The van der Waals surface area contributed by atoms with E-state index in [1.165, 1.54) is 0 Å². The second kappa shape index (κ2) is 9.69. The average Bonchev–Trinajstić information content (AvgIpc) is 2.61. The largest absolute Gasteiger partial charge is 0.491 e. The number of anilines is 1. The van der Waals surface area contributed by atoms with E-state index in [9.17, 15) is 4.79 Å². The minimum atomic E-state index is -0.608. The fourth-order valence-corrected chi connectivity index (χ4v) is 2.20. The number of hydrogen-bond acceptors (Lipinski definition) is 4. The fraction of sp³-hybridized carbons (Fsp3) is 0.350. The van der Waals surface area contributed by atoms with Crippen molar-refractivity contribution in [3.63, 3.8) is 0 Å². The van der Waals surface area contributed by atoms with Crippen molar-refractivity contribution in [2.45, 2.75) is 26.9 Å². The molecule has 0 spiro atoms. The quantitative estimate of drug-likeness (QED) is 0.703. The number of carbonyl (C=O) groups excluding carboxylic acids is 1. The Hall–Kier alpha value is -2.53. The van der Waals surface area contributed by atoms with Crippen LogP contribution < -0.4 is 14.8 Å². The summed E-state index contributed by atoms with van der Waals surface area (Å²) < 4.78 is 16.6. The second-order valence-corrected chi connectivity index (χ2v) is 5.59. The molecule has 0 aliphatic heterocycles. The normalized spacial score (nSPS) is 11.6. The first-order valence-electron chi connectivity index (χ1n) is 8.44. The van der Waals surface area contributed by atoms with Gasteiger partial charge in [-0.25, -0.2) is 0 Å². The lowest BCUT2D eigenvalue weighted by Gasteiger charge is -2.16. The van der Waals surface area contributed by atoms with Gasteiger partial charge in [-0.15, -0.1) is 0 Å². The van der Waals surface area contributed by atoms with Gasteiger partial charge in [-0.05, 0) is 44.5 Å². The molecule has 0 bridgehead atoms. The molecule has 5 nitrogen and oxygen atoms in total. The number of ether oxygens (including phenoxy) is 3. The fourth-order valence-electron chi connectivity index (χ4n) is 2.20. The zero-order chi connectivity index (χ0) is 18.1. The van der Waals surface area contributed by atoms with E-state index in [0.29, 0.717) is 37.0 Å². The molecule has 1 N–H and O–H groups in total. The van der Waals surface area contributed by atoms with Gasteiger partial charge in [0.2, 0.25) is 0 Å². The Kier molecular flexibility index (Phi) is 7.29. The van der Waals surface area contributed by atoms with Crippen LogP contribution in [0.15, 0.2) is 48.5 Å². The maximum Gasteiger partial charge on any atom is 0.265 e. The molecule has 0 aromatic heterocycles. The summed E-state index contributed by atoms with van der Waals surface area (Å²) in [6.07, 6.45) is -0.608. The van der Waals surface area contributed by atoms with Crippen molar-refractivity contribution in [1.29, 1.82) is 0 Å². The predicted octanol–water partition coefficient (Wildman–Crippen LogP) is 3.82. The van der Waals surface area contributed by atoms with Crippen LogP contribution in [0.25, 0.3) is 0 Å². The molecule has 0 saturated carbocycles. The van der Waals surface area contributed by atoms with E-state index >= 15 is 0 Å². The Morgan fingerprint density at radius 1 is 1.12 bits per heavy atom. The van der Waals surface area contributed by atoms with E-state index in [-0.39, 0.29) is 5.91 Å². The number of aryl methyl sites for hydroxylation is 1. The molecule has 1 atom stereocenters. The molecular weight excluding hydrogens is 318 g/mol. The molecule has 0 aliphatic rings. The first kappa shape index (κ1) is 18.8. The van der Waals surface area contributed by atoms with E-state index in [1.807, 2.05) is 56.3 Å². The molecule has 2 aromatic carbocycles. The highest BCUT2D eigenvalue weighted by Crippen LogP contribution is 2.20. The summed E-state index contributed by atoms with van der Waals surface area (Å²) in [4.78, 5) is 12.3. The number of amides is 1. The van der Waals surface area contributed by atoms with Gasteiger partial charge in [0, 0.05) is 18.4 Å². The first-order valence-corrected chi connectivity index (χ1v) is 8.44.